The van der Waals surface area contributed by atoms with E-state index in [1.54, 1.807) is 28.6 Å². The zero-order chi connectivity index (χ0) is 15.5. The van der Waals surface area contributed by atoms with Crippen LogP contribution in [0.25, 0.3) is 0 Å². The summed E-state index contributed by atoms with van der Waals surface area (Å²) in [7, 11) is -3.49. The van der Waals surface area contributed by atoms with Crippen molar-refractivity contribution >= 4 is 10.0 Å². The van der Waals surface area contributed by atoms with Gasteiger partial charge in [-0.25, -0.2) is 8.42 Å². The van der Waals surface area contributed by atoms with Crippen LogP contribution in [0.5, 0.6) is 0 Å². The number of benzene rings is 1. The molecule has 1 aromatic rings. The molecule has 2 unspecified atom stereocenters. The van der Waals surface area contributed by atoms with Gasteiger partial charge in [-0.1, -0.05) is 18.6 Å². The number of aliphatic hydroxyl groups excluding tert-OH is 1. The van der Waals surface area contributed by atoms with E-state index in [4.69, 9.17) is 10.8 Å². The van der Waals surface area contributed by atoms with E-state index in [0.29, 0.717) is 17.9 Å². The molecule has 1 aromatic carbocycles. The lowest BCUT2D eigenvalue weighted by Gasteiger charge is -2.34. The molecule has 0 amide bonds. The first-order valence-electron chi connectivity index (χ1n) is 7.45. The van der Waals surface area contributed by atoms with Crippen molar-refractivity contribution in [1.29, 1.82) is 0 Å². The molecule has 0 aromatic heterocycles. The average Bonchev–Trinajstić information content (AvgIpc) is 2.48. The predicted octanol–water partition coefficient (Wildman–Crippen LogP) is 1.63. The van der Waals surface area contributed by atoms with Crippen molar-refractivity contribution in [1.82, 2.24) is 4.31 Å². The molecule has 0 radical (unpaired) electrons. The summed E-state index contributed by atoms with van der Waals surface area (Å²) in [5, 5.41) is 9.13. The molecule has 2 atom stereocenters. The summed E-state index contributed by atoms with van der Waals surface area (Å²) >= 11 is 0. The van der Waals surface area contributed by atoms with Crippen molar-refractivity contribution in [2.24, 2.45) is 5.73 Å². The Kier molecular flexibility index (Phi) is 5.37. The number of piperidine rings is 1. The minimum Gasteiger partial charge on any atom is -0.396 e. The zero-order valence-electron chi connectivity index (χ0n) is 12.4. The Balaban J connectivity index is 2.26. The normalized spacial score (nSPS) is 22.1. The smallest absolute Gasteiger partial charge is 0.243 e. The maximum absolute atomic E-state index is 12.8. The fraction of sp³-hybridized carbons (Fsp3) is 0.600. The largest absolute Gasteiger partial charge is 0.396 e. The molecular formula is C15H24N2O3S. The van der Waals surface area contributed by atoms with Crippen molar-refractivity contribution < 1.29 is 13.5 Å². The van der Waals surface area contributed by atoms with Crippen LogP contribution in [0.15, 0.2) is 29.2 Å². The van der Waals surface area contributed by atoms with Crippen LogP contribution in [-0.2, 0) is 10.0 Å². The van der Waals surface area contributed by atoms with Gasteiger partial charge in [0.1, 0.15) is 0 Å². The summed E-state index contributed by atoms with van der Waals surface area (Å²) < 4.78 is 27.1. The van der Waals surface area contributed by atoms with Gasteiger partial charge in [0.25, 0.3) is 0 Å². The Bertz CT molecular complexity index is 553. The molecule has 3 N–H and O–H groups in total. The second kappa shape index (κ2) is 6.87. The molecule has 118 valence electrons. The fourth-order valence-electron chi connectivity index (χ4n) is 2.81. The van der Waals surface area contributed by atoms with E-state index in [-0.39, 0.29) is 18.7 Å². The maximum atomic E-state index is 12.8. The van der Waals surface area contributed by atoms with Gasteiger partial charge in [-0.15, -0.1) is 0 Å². The lowest BCUT2D eigenvalue weighted by atomic mass is 10.0. The van der Waals surface area contributed by atoms with Crippen molar-refractivity contribution in [3.8, 4) is 0 Å². The van der Waals surface area contributed by atoms with E-state index >= 15 is 0 Å². The van der Waals surface area contributed by atoms with Crippen LogP contribution in [0.3, 0.4) is 0 Å². The minimum absolute atomic E-state index is 0.0142. The highest BCUT2D eigenvalue weighted by atomic mass is 32.2. The number of rotatable bonds is 5. The number of sulfonamides is 1. The van der Waals surface area contributed by atoms with Gasteiger partial charge in [0.2, 0.25) is 10.0 Å². The predicted molar refractivity (Wildman–Crippen MR) is 82.3 cm³/mol. The molecule has 21 heavy (non-hydrogen) atoms. The number of nitrogens with two attached hydrogens (primary N) is 1. The van der Waals surface area contributed by atoms with Crippen LogP contribution in [0, 0.1) is 0 Å². The standard InChI is InChI=1S/C15H24N2O3S/c1-12(16)13-5-7-15(8-6-13)21(19,20)17-10-3-2-4-14(17)9-11-18/h5-8,12,14,18H,2-4,9-11,16H2,1H3. The van der Waals surface area contributed by atoms with Gasteiger partial charge in [-0.2, -0.15) is 4.31 Å². The summed E-state index contributed by atoms with van der Waals surface area (Å²) in [6.45, 7) is 2.41. The molecule has 1 aliphatic rings. The SMILES string of the molecule is CC(N)c1ccc(S(=O)(=O)N2CCCCC2CCO)cc1. The lowest BCUT2D eigenvalue weighted by Crippen LogP contribution is -2.44. The highest BCUT2D eigenvalue weighted by Crippen LogP contribution is 2.27. The van der Waals surface area contributed by atoms with E-state index in [1.165, 1.54) is 0 Å². The van der Waals surface area contributed by atoms with Gasteiger partial charge in [-0.05, 0) is 43.9 Å². The van der Waals surface area contributed by atoms with E-state index in [2.05, 4.69) is 0 Å². The van der Waals surface area contributed by atoms with Crippen molar-refractivity contribution in [3.05, 3.63) is 29.8 Å². The van der Waals surface area contributed by atoms with Crippen molar-refractivity contribution in [2.45, 2.75) is 49.6 Å². The molecule has 0 aliphatic carbocycles. The monoisotopic (exact) mass is 312 g/mol. The van der Waals surface area contributed by atoms with E-state index in [1.807, 2.05) is 6.92 Å². The molecule has 0 saturated carbocycles. The molecule has 1 aliphatic heterocycles. The van der Waals surface area contributed by atoms with Crippen LogP contribution in [0.4, 0.5) is 0 Å². The summed E-state index contributed by atoms with van der Waals surface area (Å²) in [6, 6.07) is 6.57. The first kappa shape index (κ1) is 16.4. The zero-order valence-corrected chi connectivity index (χ0v) is 13.2. The first-order valence-corrected chi connectivity index (χ1v) is 8.89. The quantitative estimate of drug-likeness (QED) is 0.865. The lowest BCUT2D eigenvalue weighted by molar-refractivity contribution is 0.192. The van der Waals surface area contributed by atoms with Gasteiger partial charge in [0, 0.05) is 25.2 Å². The summed E-state index contributed by atoms with van der Waals surface area (Å²) in [5.74, 6) is 0. The van der Waals surface area contributed by atoms with Crippen LogP contribution in [0.1, 0.15) is 44.2 Å². The Labute approximate surface area is 126 Å². The Morgan fingerprint density at radius 2 is 2.00 bits per heavy atom. The third-order valence-corrected chi connectivity index (χ3v) is 6.01. The van der Waals surface area contributed by atoms with Crippen LogP contribution < -0.4 is 5.73 Å². The number of hydrogen-bond acceptors (Lipinski definition) is 4. The van der Waals surface area contributed by atoms with E-state index in [9.17, 15) is 8.42 Å². The molecule has 1 heterocycles. The van der Waals surface area contributed by atoms with E-state index in [0.717, 1.165) is 24.8 Å². The third kappa shape index (κ3) is 3.63. The summed E-state index contributed by atoms with van der Waals surface area (Å²) in [4.78, 5) is 0.303. The maximum Gasteiger partial charge on any atom is 0.243 e. The second-order valence-electron chi connectivity index (χ2n) is 5.64. The van der Waals surface area contributed by atoms with Crippen LogP contribution >= 0.6 is 0 Å². The number of aliphatic hydroxyl groups is 1. The molecule has 1 fully saturated rings. The average molecular weight is 312 g/mol. The Morgan fingerprint density at radius 3 is 2.57 bits per heavy atom. The van der Waals surface area contributed by atoms with Crippen molar-refractivity contribution in [2.75, 3.05) is 13.2 Å². The van der Waals surface area contributed by atoms with Crippen LogP contribution in [-0.4, -0.2) is 37.0 Å². The topological polar surface area (TPSA) is 83.6 Å². The van der Waals surface area contributed by atoms with Gasteiger partial charge >= 0.3 is 0 Å². The molecule has 2 rings (SSSR count). The minimum atomic E-state index is -3.49. The van der Waals surface area contributed by atoms with Gasteiger partial charge in [0.15, 0.2) is 0 Å². The first-order chi connectivity index (χ1) is 9.96. The number of nitrogens with zero attached hydrogens (tertiary/aromatic N) is 1. The molecule has 0 bridgehead atoms. The summed E-state index contributed by atoms with van der Waals surface area (Å²) in [5.41, 5.74) is 6.71. The molecular weight excluding hydrogens is 288 g/mol. The highest BCUT2D eigenvalue weighted by Gasteiger charge is 2.32. The van der Waals surface area contributed by atoms with Gasteiger partial charge in [0.05, 0.1) is 4.90 Å². The second-order valence-corrected chi connectivity index (χ2v) is 7.53. The van der Waals surface area contributed by atoms with Gasteiger partial charge in [-0.3, -0.25) is 0 Å². The molecule has 6 heteroatoms. The Morgan fingerprint density at radius 1 is 1.33 bits per heavy atom. The summed E-state index contributed by atoms with van der Waals surface area (Å²) in [6.07, 6.45) is 3.20. The molecule has 5 nitrogen and oxygen atoms in total. The third-order valence-electron chi connectivity index (χ3n) is 4.05. The van der Waals surface area contributed by atoms with Crippen LogP contribution in [0.2, 0.25) is 0 Å². The van der Waals surface area contributed by atoms with Crippen molar-refractivity contribution in [3.63, 3.8) is 0 Å². The Hall–Kier alpha value is -0.950. The van der Waals surface area contributed by atoms with E-state index < -0.39 is 10.0 Å². The number of hydrogen-bond donors (Lipinski definition) is 2. The highest BCUT2D eigenvalue weighted by molar-refractivity contribution is 7.89. The molecule has 0 spiro atoms. The molecule has 1 saturated heterocycles. The van der Waals surface area contributed by atoms with Gasteiger partial charge < -0.3 is 10.8 Å². The fourth-order valence-corrected chi connectivity index (χ4v) is 4.53.